The summed E-state index contributed by atoms with van der Waals surface area (Å²) in [6.45, 7) is 3.89. The van der Waals surface area contributed by atoms with Gasteiger partial charge >= 0.3 is 5.69 Å². The Kier molecular flexibility index (Phi) is 3.75. The second kappa shape index (κ2) is 5.31. The summed E-state index contributed by atoms with van der Waals surface area (Å²) in [6, 6.07) is 3.12. The molecular formula is C12H11FN2O3S. The predicted molar refractivity (Wildman–Crippen MR) is 69.0 cm³/mol. The molecule has 0 radical (unpaired) electrons. The zero-order valence-electron chi connectivity index (χ0n) is 10.3. The van der Waals surface area contributed by atoms with Gasteiger partial charge in [0.15, 0.2) is 5.75 Å². The maximum atomic E-state index is 13.1. The number of nitrogens with zero attached hydrogens (tertiary/aromatic N) is 2. The van der Waals surface area contributed by atoms with Crippen LogP contribution in [0.4, 0.5) is 10.1 Å². The first-order chi connectivity index (χ1) is 8.97. The van der Waals surface area contributed by atoms with Gasteiger partial charge in [-0.25, -0.2) is 9.37 Å². The fourth-order valence-corrected chi connectivity index (χ4v) is 2.34. The van der Waals surface area contributed by atoms with Crippen molar-refractivity contribution in [1.29, 1.82) is 0 Å². The molecule has 2 aromatic rings. The van der Waals surface area contributed by atoms with Crippen LogP contribution in [0.15, 0.2) is 18.2 Å². The average Bonchev–Trinajstić information content (AvgIpc) is 2.66. The van der Waals surface area contributed by atoms with E-state index in [0.29, 0.717) is 5.01 Å². The highest BCUT2D eigenvalue weighted by molar-refractivity contribution is 7.11. The molecule has 0 bridgehead atoms. The topological polar surface area (TPSA) is 65.3 Å². The molecule has 1 heterocycles. The van der Waals surface area contributed by atoms with Gasteiger partial charge in [0.05, 0.1) is 10.6 Å². The van der Waals surface area contributed by atoms with Crippen molar-refractivity contribution in [3.63, 3.8) is 0 Å². The molecule has 0 saturated carbocycles. The molecule has 0 unspecified atom stereocenters. The Hall–Kier alpha value is -2.02. The van der Waals surface area contributed by atoms with E-state index in [9.17, 15) is 14.5 Å². The van der Waals surface area contributed by atoms with Crippen LogP contribution in [-0.2, 0) is 6.61 Å². The molecule has 0 atom stereocenters. The van der Waals surface area contributed by atoms with Gasteiger partial charge in [-0.3, -0.25) is 10.1 Å². The number of thiazole rings is 1. The van der Waals surface area contributed by atoms with E-state index in [2.05, 4.69) is 4.98 Å². The molecule has 0 aliphatic rings. The number of rotatable bonds is 4. The molecule has 0 N–H and O–H groups in total. The maximum Gasteiger partial charge on any atom is 0.311 e. The van der Waals surface area contributed by atoms with E-state index in [-0.39, 0.29) is 18.0 Å². The van der Waals surface area contributed by atoms with E-state index >= 15 is 0 Å². The number of halogens is 1. The highest BCUT2D eigenvalue weighted by atomic mass is 32.1. The zero-order valence-corrected chi connectivity index (χ0v) is 11.2. The van der Waals surface area contributed by atoms with Crippen LogP contribution in [0.5, 0.6) is 5.75 Å². The van der Waals surface area contributed by atoms with E-state index in [4.69, 9.17) is 4.74 Å². The Morgan fingerprint density at radius 3 is 2.79 bits per heavy atom. The largest absolute Gasteiger partial charge is 0.479 e. The van der Waals surface area contributed by atoms with Crippen molar-refractivity contribution in [3.8, 4) is 5.75 Å². The van der Waals surface area contributed by atoms with Crippen molar-refractivity contribution in [2.75, 3.05) is 0 Å². The van der Waals surface area contributed by atoms with Gasteiger partial charge < -0.3 is 4.74 Å². The maximum absolute atomic E-state index is 13.1. The lowest BCUT2D eigenvalue weighted by atomic mass is 10.3. The van der Waals surface area contributed by atoms with Crippen LogP contribution in [0.1, 0.15) is 15.6 Å². The number of nitro groups is 1. The summed E-state index contributed by atoms with van der Waals surface area (Å²) in [5.41, 5.74) is 0.642. The van der Waals surface area contributed by atoms with E-state index < -0.39 is 10.7 Å². The first kappa shape index (κ1) is 13.4. The lowest BCUT2D eigenvalue weighted by molar-refractivity contribution is -0.386. The second-order valence-corrected chi connectivity index (χ2v) is 5.19. The van der Waals surface area contributed by atoms with Crippen LogP contribution >= 0.6 is 11.3 Å². The van der Waals surface area contributed by atoms with E-state index in [0.717, 1.165) is 28.8 Å². The molecule has 0 fully saturated rings. The Bertz CT molecular complexity index is 608. The molecule has 19 heavy (non-hydrogen) atoms. The van der Waals surface area contributed by atoms with Crippen LogP contribution in [0, 0.1) is 29.8 Å². The van der Waals surface area contributed by atoms with Gasteiger partial charge in [-0.05, 0) is 19.9 Å². The number of aromatic nitrogens is 1. The summed E-state index contributed by atoms with van der Waals surface area (Å²) >= 11 is 1.45. The van der Waals surface area contributed by atoms with Crippen LogP contribution in [-0.4, -0.2) is 9.91 Å². The van der Waals surface area contributed by atoms with E-state index in [1.165, 1.54) is 11.3 Å². The summed E-state index contributed by atoms with van der Waals surface area (Å²) < 4.78 is 18.4. The van der Waals surface area contributed by atoms with Gasteiger partial charge in [0, 0.05) is 17.0 Å². The van der Waals surface area contributed by atoms with Crippen molar-refractivity contribution < 1.29 is 14.1 Å². The first-order valence-electron chi connectivity index (χ1n) is 5.47. The fourth-order valence-electron chi connectivity index (χ4n) is 1.49. The number of aryl methyl sites for hydroxylation is 2. The van der Waals surface area contributed by atoms with E-state index in [1.54, 1.807) is 0 Å². The standard InChI is InChI=1S/C12H11FN2O3S/c1-7-8(2)19-12(14-7)6-18-11-5-9(13)3-4-10(11)15(16)17/h3-5H,6H2,1-2H3. The number of hydrogen-bond acceptors (Lipinski definition) is 5. The minimum Gasteiger partial charge on any atom is -0.479 e. The van der Waals surface area contributed by atoms with Gasteiger partial charge in [-0.15, -0.1) is 11.3 Å². The third kappa shape index (κ3) is 3.05. The predicted octanol–water partition coefficient (Wildman–Crippen LogP) is 3.39. The summed E-state index contributed by atoms with van der Waals surface area (Å²) in [7, 11) is 0. The van der Waals surface area contributed by atoms with E-state index in [1.807, 2.05) is 13.8 Å². The molecule has 100 valence electrons. The monoisotopic (exact) mass is 282 g/mol. The molecule has 5 nitrogen and oxygen atoms in total. The smallest absolute Gasteiger partial charge is 0.311 e. The van der Waals surface area contributed by atoms with Crippen LogP contribution in [0.2, 0.25) is 0 Å². The Morgan fingerprint density at radius 2 is 2.21 bits per heavy atom. The third-order valence-electron chi connectivity index (χ3n) is 2.54. The Balaban J connectivity index is 2.19. The molecule has 0 aliphatic heterocycles. The van der Waals surface area contributed by atoms with Crippen molar-refractivity contribution in [2.24, 2.45) is 0 Å². The lowest BCUT2D eigenvalue weighted by Crippen LogP contribution is -1.99. The molecule has 1 aromatic heterocycles. The van der Waals surface area contributed by atoms with Crippen molar-refractivity contribution in [2.45, 2.75) is 20.5 Å². The lowest BCUT2D eigenvalue weighted by Gasteiger charge is -2.04. The van der Waals surface area contributed by atoms with Crippen molar-refractivity contribution in [3.05, 3.63) is 49.7 Å². The molecular weight excluding hydrogens is 271 g/mol. The summed E-state index contributed by atoms with van der Waals surface area (Å²) in [5.74, 6) is -0.664. The van der Waals surface area contributed by atoms with Gasteiger partial charge in [-0.1, -0.05) is 0 Å². The van der Waals surface area contributed by atoms with Crippen LogP contribution in [0.25, 0.3) is 0 Å². The van der Waals surface area contributed by atoms with Gasteiger partial charge in [0.25, 0.3) is 0 Å². The van der Waals surface area contributed by atoms with Gasteiger partial charge in [0.1, 0.15) is 17.4 Å². The number of benzene rings is 1. The first-order valence-corrected chi connectivity index (χ1v) is 6.28. The third-order valence-corrected chi connectivity index (χ3v) is 3.59. The molecule has 2 rings (SSSR count). The van der Waals surface area contributed by atoms with Crippen LogP contribution < -0.4 is 4.74 Å². The summed E-state index contributed by atoms with van der Waals surface area (Å²) in [4.78, 5) is 15.5. The Morgan fingerprint density at radius 1 is 1.47 bits per heavy atom. The number of hydrogen-bond donors (Lipinski definition) is 0. The quantitative estimate of drug-likeness (QED) is 0.637. The zero-order chi connectivity index (χ0) is 14.0. The van der Waals surface area contributed by atoms with Crippen molar-refractivity contribution in [1.82, 2.24) is 4.98 Å². The minimum atomic E-state index is -0.604. The summed E-state index contributed by atoms with van der Waals surface area (Å²) in [5, 5.41) is 11.5. The summed E-state index contributed by atoms with van der Waals surface area (Å²) in [6.07, 6.45) is 0. The second-order valence-electron chi connectivity index (χ2n) is 3.91. The van der Waals surface area contributed by atoms with Crippen LogP contribution in [0.3, 0.4) is 0 Å². The highest BCUT2D eigenvalue weighted by Gasteiger charge is 2.16. The molecule has 0 amide bonds. The van der Waals surface area contributed by atoms with Gasteiger partial charge in [-0.2, -0.15) is 0 Å². The number of ether oxygens (including phenoxy) is 1. The Labute approximate surface area is 112 Å². The van der Waals surface area contributed by atoms with Crippen molar-refractivity contribution >= 4 is 17.0 Å². The molecule has 7 heteroatoms. The number of nitro benzene ring substituents is 1. The average molecular weight is 282 g/mol. The fraction of sp³-hybridized carbons (Fsp3) is 0.250. The normalized spacial score (nSPS) is 10.5. The molecule has 0 aliphatic carbocycles. The minimum absolute atomic E-state index is 0.0869. The molecule has 1 aromatic carbocycles. The van der Waals surface area contributed by atoms with Gasteiger partial charge in [0.2, 0.25) is 0 Å². The molecule has 0 spiro atoms. The SMILES string of the molecule is Cc1nc(COc2cc(F)ccc2[N+](=O)[O-])sc1C. The molecule has 0 saturated heterocycles. The highest BCUT2D eigenvalue weighted by Crippen LogP contribution is 2.28.